The van der Waals surface area contributed by atoms with Crippen molar-refractivity contribution in [2.45, 2.75) is 82.2 Å². The fraction of sp³-hybridized carbons (Fsp3) is 0.283. The van der Waals surface area contributed by atoms with Gasteiger partial charge in [-0.25, -0.2) is 15.0 Å². The van der Waals surface area contributed by atoms with Crippen molar-refractivity contribution in [2.75, 3.05) is 9.80 Å². The number of nitrogens with one attached hydrogen (secondary N) is 1. The van der Waals surface area contributed by atoms with Crippen LogP contribution in [0, 0.1) is 0 Å². The van der Waals surface area contributed by atoms with Gasteiger partial charge in [-0.1, -0.05) is 74.9 Å². The average Bonchev–Trinajstić information content (AvgIpc) is 3.22. The molecule has 1 atom stereocenters. The number of dihydropyridines is 1. The summed E-state index contributed by atoms with van der Waals surface area (Å²) in [7, 11) is 0. The van der Waals surface area contributed by atoms with Crippen molar-refractivity contribution in [3.05, 3.63) is 145 Å². The van der Waals surface area contributed by atoms with E-state index in [-0.39, 0.29) is 6.17 Å². The molecule has 4 heterocycles. The van der Waals surface area contributed by atoms with Crippen molar-refractivity contribution >= 4 is 50.4 Å². The molecule has 9 rings (SSSR count). The Bertz CT molecular complexity index is 2160. The lowest BCUT2D eigenvalue weighted by Gasteiger charge is -2.34. The van der Waals surface area contributed by atoms with Gasteiger partial charge < -0.3 is 10.2 Å². The van der Waals surface area contributed by atoms with E-state index < -0.39 is 0 Å². The summed E-state index contributed by atoms with van der Waals surface area (Å²) in [4.78, 5) is 19.1. The van der Waals surface area contributed by atoms with Crippen LogP contribution in [0.15, 0.2) is 134 Å². The van der Waals surface area contributed by atoms with E-state index in [9.17, 15) is 0 Å². The molecule has 1 N–H and O–H groups in total. The largest absolute Gasteiger partial charge is 0.368 e. The van der Waals surface area contributed by atoms with Crippen LogP contribution < -0.4 is 15.1 Å². The average molecular weight is 683 g/mol. The van der Waals surface area contributed by atoms with Crippen molar-refractivity contribution in [3.63, 3.8) is 0 Å². The Morgan fingerprint density at radius 1 is 0.500 bits per heavy atom. The standard InChI is InChI=1S/C46H46N6/c1-3-15-33(16-4-1)45-37-25-23-35(51(41-19-7-11-27-47-41)42-20-8-12-28-48-42)31-39(37)46(34-17-5-2-6-18-34)40-32-36(24-26-38(40)45)52(43-21-9-13-29-49-43)44-22-10-14-30-50-44/h7-14,19-34,41,47H,1-6,15-18H2. The smallest absolute Gasteiger partial charge is 0.138 e. The Labute approximate surface area is 307 Å². The third-order valence-corrected chi connectivity index (χ3v) is 11.4. The number of anilines is 5. The summed E-state index contributed by atoms with van der Waals surface area (Å²) in [5.74, 6) is 3.68. The lowest BCUT2D eigenvalue weighted by molar-refractivity contribution is 0.445. The van der Waals surface area contributed by atoms with E-state index in [0.717, 1.165) is 28.8 Å². The summed E-state index contributed by atoms with van der Waals surface area (Å²) < 4.78 is 0. The van der Waals surface area contributed by atoms with E-state index in [4.69, 9.17) is 15.0 Å². The van der Waals surface area contributed by atoms with Crippen LogP contribution in [-0.2, 0) is 0 Å². The van der Waals surface area contributed by atoms with Crippen molar-refractivity contribution in [2.24, 2.45) is 0 Å². The number of pyridine rings is 3. The summed E-state index contributed by atoms with van der Waals surface area (Å²) >= 11 is 0. The molecule has 6 aromatic rings. The van der Waals surface area contributed by atoms with Gasteiger partial charge in [0.15, 0.2) is 0 Å². The number of rotatable bonds is 8. The predicted octanol–water partition coefficient (Wildman–Crippen LogP) is 11.9. The van der Waals surface area contributed by atoms with Crippen molar-refractivity contribution in [3.8, 4) is 0 Å². The molecule has 2 fully saturated rings. The first-order valence-corrected chi connectivity index (χ1v) is 19.3. The summed E-state index contributed by atoms with van der Waals surface area (Å²) in [5.41, 5.74) is 5.27. The molecule has 6 heteroatoms. The number of hydrogen-bond donors (Lipinski definition) is 1. The lowest BCUT2D eigenvalue weighted by atomic mass is 9.74. The molecule has 3 aliphatic rings. The van der Waals surface area contributed by atoms with E-state index in [1.54, 1.807) is 0 Å². The Kier molecular flexibility index (Phi) is 9.12. The van der Waals surface area contributed by atoms with Crippen LogP contribution in [-0.4, -0.2) is 21.1 Å². The zero-order chi connectivity index (χ0) is 34.7. The molecule has 6 nitrogen and oxygen atoms in total. The van der Waals surface area contributed by atoms with Crippen molar-refractivity contribution in [1.82, 2.24) is 20.3 Å². The maximum absolute atomic E-state index is 4.86. The van der Waals surface area contributed by atoms with Crippen LogP contribution in [0.4, 0.5) is 28.8 Å². The summed E-state index contributed by atoms with van der Waals surface area (Å²) in [5, 5.41) is 9.21. The molecule has 1 aliphatic heterocycles. The van der Waals surface area contributed by atoms with Gasteiger partial charge in [0.25, 0.3) is 0 Å². The second-order valence-electron chi connectivity index (χ2n) is 14.6. The summed E-state index contributed by atoms with van der Waals surface area (Å²) in [6.45, 7) is 0. The molecule has 0 saturated heterocycles. The second-order valence-corrected chi connectivity index (χ2v) is 14.6. The topological polar surface area (TPSA) is 57.2 Å². The van der Waals surface area contributed by atoms with Crippen molar-refractivity contribution in [1.29, 1.82) is 0 Å². The second kappa shape index (κ2) is 14.6. The quantitative estimate of drug-likeness (QED) is 0.161. The zero-order valence-electron chi connectivity index (χ0n) is 29.7. The van der Waals surface area contributed by atoms with Gasteiger partial charge in [0.1, 0.15) is 23.6 Å². The third kappa shape index (κ3) is 6.21. The monoisotopic (exact) mass is 682 g/mol. The van der Waals surface area contributed by atoms with Crippen LogP contribution in [0.3, 0.4) is 0 Å². The SMILES string of the molecule is C1=CNC(N(c2ccc3c(C4CCCCC4)c4ccc(N(c5ccccn5)c5ccccn5)cc4c(C4CCCCC4)c3c2)c2ccccn2)C=C1. The summed E-state index contributed by atoms with van der Waals surface area (Å²) in [6.07, 6.45) is 26.7. The molecule has 3 aromatic carbocycles. The highest BCUT2D eigenvalue weighted by atomic mass is 15.3. The first kappa shape index (κ1) is 32.4. The highest BCUT2D eigenvalue weighted by molar-refractivity contribution is 6.09. The first-order chi connectivity index (χ1) is 25.8. The van der Waals surface area contributed by atoms with Crippen LogP contribution in [0.1, 0.15) is 87.2 Å². The van der Waals surface area contributed by atoms with Gasteiger partial charge >= 0.3 is 0 Å². The van der Waals surface area contributed by atoms with E-state index in [1.165, 1.54) is 96.9 Å². The van der Waals surface area contributed by atoms with Crippen LogP contribution in [0.5, 0.6) is 0 Å². The Balaban J connectivity index is 1.33. The normalized spacial score (nSPS) is 18.0. The van der Waals surface area contributed by atoms with E-state index in [0.29, 0.717) is 11.8 Å². The van der Waals surface area contributed by atoms with E-state index in [2.05, 4.69) is 100 Å². The molecule has 2 saturated carbocycles. The highest BCUT2D eigenvalue weighted by Crippen LogP contribution is 2.49. The Morgan fingerprint density at radius 3 is 1.54 bits per heavy atom. The first-order valence-electron chi connectivity index (χ1n) is 19.3. The lowest BCUT2D eigenvalue weighted by Crippen LogP contribution is -2.40. The zero-order valence-corrected chi connectivity index (χ0v) is 29.7. The Hall–Kier alpha value is -5.49. The molecule has 0 amide bonds. The fourth-order valence-corrected chi connectivity index (χ4v) is 9.10. The fourth-order valence-electron chi connectivity index (χ4n) is 9.10. The van der Waals surface area contributed by atoms with Gasteiger partial charge in [-0.3, -0.25) is 4.90 Å². The van der Waals surface area contributed by atoms with Gasteiger partial charge in [-0.2, -0.15) is 0 Å². The molecule has 1 unspecified atom stereocenters. The number of benzene rings is 3. The number of fused-ring (bicyclic) bond motifs is 2. The predicted molar refractivity (Wildman–Crippen MR) is 215 cm³/mol. The third-order valence-electron chi connectivity index (χ3n) is 11.4. The molecule has 260 valence electrons. The molecule has 0 bridgehead atoms. The maximum atomic E-state index is 4.86. The minimum absolute atomic E-state index is 0.0503. The van der Waals surface area contributed by atoms with Gasteiger partial charge in [-0.15, -0.1) is 0 Å². The number of hydrogen-bond acceptors (Lipinski definition) is 6. The minimum atomic E-state index is -0.0503. The number of allylic oxidation sites excluding steroid dienone is 2. The molecule has 3 aromatic heterocycles. The van der Waals surface area contributed by atoms with Gasteiger partial charge in [-0.05, 0) is 149 Å². The van der Waals surface area contributed by atoms with Gasteiger partial charge in [0.05, 0.1) is 0 Å². The maximum Gasteiger partial charge on any atom is 0.138 e. The molecule has 2 aliphatic carbocycles. The molecule has 0 spiro atoms. The van der Waals surface area contributed by atoms with Crippen LogP contribution in [0.2, 0.25) is 0 Å². The molecule has 52 heavy (non-hydrogen) atoms. The highest BCUT2D eigenvalue weighted by Gasteiger charge is 2.29. The van der Waals surface area contributed by atoms with Crippen LogP contribution in [0.25, 0.3) is 21.5 Å². The number of aromatic nitrogens is 3. The van der Waals surface area contributed by atoms with Crippen molar-refractivity contribution < 1.29 is 0 Å². The van der Waals surface area contributed by atoms with Crippen LogP contribution >= 0.6 is 0 Å². The molecular weight excluding hydrogens is 637 g/mol. The Morgan fingerprint density at radius 2 is 1.02 bits per heavy atom. The molecule has 0 radical (unpaired) electrons. The van der Waals surface area contributed by atoms with E-state index in [1.807, 2.05) is 49.1 Å². The molecular formula is C46H46N6. The minimum Gasteiger partial charge on any atom is -0.368 e. The van der Waals surface area contributed by atoms with E-state index >= 15 is 0 Å². The van der Waals surface area contributed by atoms with Gasteiger partial charge in [0, 0.05) is 30.0 Å². The van der Waals surface area contributed by atoms with Gasteiger partial charge in [0.2, 0.25) is 0 Å². The summed E-state index contributed by atoms with van der Waals surface area (Å²) in [6, 6.07) is 32.9. The number of nitrogens with zero attached hydrogens (tertiary/aromatic N) is 5.